The minimum absolute atomic E-state index is 0.990. The second-order valence-corrected chi connectivity index (χ2v) is 3.58. The van der Waals surface area contributed by atoms with Gasteiger partial charge in [0.15, 0.2) is 0 Å². The molecule has 0 radical (unpaired) electrons. The Morgan fingerprint density at radius 1 is 0.929 bits per heavy atom. The van der Waals surface area contributed by atoms with E-state index in [0.717, 1.165) is 11.2 Å². The molecule has 0 amide bonds. The third-order valence-electron chi connectivity index (χ3n) is 2.58. The molecule has 1 nitrogen and oxygen atoms in total. The molecular formula is C13H10O. The van der Waals surface area contributed by atoms with Gasteiger partial charge >= 0.3 is 0 Å². The van der Waals surface area contributed by atoms with Gasteiger partial charge in [-0.05, 0) is 30.2 Å². The molecule has 0 N–H and O–H groups in total. The topological polar surface area (TPSA) is 13.1 Å². The highest BCUT2D eigenvalue weighted by molar-refractivity contribution is 5.87. The average molecular weight is 182 g/mol. The van der Waals surface area contributed by atoms with Crippen molar-refractivity contribution in [3.8, 4) is 11.1 Å². The van der Waals surface area contributed by atoms with E-state index in [1.165, 1.54) is 16.7 Å². The van der Waals surface area contributed by atoms with Crippen LogP contribution >= 0.6 is 0 Å². The van der Waals surface area contributed by atoms with Crippen molar-refractivity contribution in [2.24, 2.45) is 0 Å². The van der Waals surface area contributed by atoms with Crippen molar-refractivity contribution >= 4 is 11.2 Å². The second kappa shape index (κ2) is 2.61. The van der Waals surface area contributed by atoms with Gasteiger partial charge in [0, 0.05) is 5.56 Å². The molecular weight excluding hydrogens is 172 g/mol. The van der Waals surface area contributed by atoms with E-state index >= 15 is 0 Å². The predicted molar refractivity (Wildman–Crippen MR) is 57.6 cm³/mol. The Morgan fingerprint density at radius 2 is 1.71 bits per heavy atom. The van der Waals surface area contributed by atoms with Crippen LogP contribution in [0.25, 0.3) is 22.3 Å². The SMILES string of the molecule is Cc1cc2oc1cc2-c1ccccc1. The van der Waals surface area contributed by atoms with Crippen molar-refractivity contribution in [1.29, 1.82) is 0 Å². The van der Waals surface area contributed by atoms with Crippen LogP contribution in [0.3, 0.4) is 0 Å². The average Bonchev–Trinajstić information content (AvgIpc) is 2.77. The van der Waals surface area contributed by atoms with Crippen LogP contribution in [-0.2, 0) is 0 Å². The van der Waals surface area contributed by atoms with E-state index < -0.39 is 0 Å². The molecule has 3 rings (SSSR count). The smallest absolute Gasteiger partial charge is 0.135 e. The third-order valence-corrected chi connectivity index (χ3v) is 2.58. The van der Waals surface area contributed by atoms with Crippen molar-refractivity contribution in [1.82, 2.24) is 0 Å². The summed E-state index contributed by atoms with van der Waals surface area (Å²) in [5, 5.41) is 0. The van der Waals surface area contributed by atoms with Crippen LogP contribution < -0.4 is 0 Å². The van der Waals surface area contributed by atoms with Crippen LogP contribution in [0, 0.1) is 6.92 Å². The fourth-order valence-electron chi connectivity index (χ4n) is 1.82. The van der Waals surface area contributed by atoms with Gasteiger partial charge < -0.3 is 4.42 Å². The first kappa shape index (κ1) is 7.63. The summed E-state index contributed by atoms with van der Waals surface area (Å²) in [5.74, 6) is 0. The molecule has 2 heterocycles. The summed E-state index contributed by atoms with van der Waals surface area (Å²) >= 11 is 0. The third kappa shape index (κ3) is 0.956. The second-order valence-electron chi connectivity index (χ2n) is 3.58. The van der Waals surface area contributed by atoms with Gasteiger partial charge in [-0.1, -0.05) is 30.3 Å². The fraction of sp³-hybridized carbons (Fsp3) is 0.0769. The molecule has 0 saturated carbocycles. The number of aryl methyl sites for hydroxylation is 1. The van der Waals surface area contributed by atoms with Crippen LogP contribution in [0.1, 0.15) is 5.56 Å². The number of furan rings is 2. The maximum Gasteiger partial charge on any atom is 0.135 e. The molecule has 2 aromatic heterocycles. The van der Waals surface area contributed by atoms with Crippen LogP contribution in [0.4, 0.5) is 0 Å². The first-order valence-corrected chi connectivity index (χ1v) is 4.72. The zero-order valence-electron chi connectivity index (χ0n) is 7.95. The number of hydrogen-bond acceptors (Lipinski definition) is 1. The molecule has 0 spiro atoms. The molecule has 0 aliphatic heterocycles. The molecule has 0 aliphatic rings. The Balaban J connectivity index is 2.23. The first-order chi connectivity index (χ1) is 6.84. The fourth-order valence-corrected chi connectivity index (χ4v) is 1.82. The van der Waals surface area contributed by atoms with Gasteiger partial charge in [0.25, 0.3) is 0 Å². The first-order valence-electron chi connectivity index (χ1n) is 4.72. The normalized spacial score (nSPS) is 11.2. The molecule has 0 aliphatic carbocycles. The van der Waals surface area contributed by atoms with Gasteiger partial charge in [0.05, 0.1) is 0 Å². The van der Waals surface area contributed by atoms with Gasteiger partial charge in [-0.25, -0.2) is 0 Å². The summed E-state index contributed by atoms with van der Waals surface area (Å²) < 4.78 is 5.60. The minimum Gasteiger partial charge on any atom is -0.456 e. The Morgan fingerprint density at radius 3 is 2.29 bits per heavy atom. The summed E-state index contributed by atoms with van der Waals surface area (Å²) in [6.45, 7) is 2.07. The van der Waals surface area contributed by atoms with Crippen LogP contribution in [0.5, 0.6) is 0 Å². The number of benzene rings is 2. The van der Waals surface area contributed by atoms with Crippen LogP contribution in [0.2, 0.25) is 0 Å². The highest BCUT2D eigenvalue weighted by Crippen LogP contribution is 2.33. The molecule has 68 valence electrons. The summed E-state index contributed by atoms with van der Waals surface area (Å²) in [5.41, 5.74) is 5.63. The highest BCUT2D eigenvalue weighted by Gasteiger charge is 2.11. The number of rotatable bonds is 1. The molecule has 0 saturated heterocycles. The maximum absolute atomic E-state index is 5.60. The Kier molecular flexibility index (Phi) is 1.42. The maximum atomic E-state index is 5.60. The van der Waals surface area contributed by atoms with Gasteiger partial charge in [-0.2, -0.15) is 0 Å². The minimum atomic E-state index is 0.990. The van der Waals surface area contributed by atoms with Gasteiger partial charge in [-0.3, -0.25) is 0 Å². The molecule has 0 fully saturated rings. The van der Waals surface area contributed by atoms with Crippen LogP contribution in [0.15, 0.2) is 46.9 Å². The van der Waals surface area contributed by atoms with E-state index in [1.807, 2.05) is 18.2 Å². The quantitative estimate of drug-likeness (QED) is 0.557. The molecule has 0 unspecified atom stereocenters. The number of hydrogen-bond donors (Lipinski definition) is 0. The predicted octanol–water partition coefficient (Wildman–Crippen LogP) is 3.85. The zero-order valence-corrected chi connectivity index (χ0v) is 7.95. The van der Waals surface area contributed by atoms with E-state index in [9.17, 15) is 0 Å². The van der Waals surface area contributed by atoms with Gasteiger partial charge in [0.2, 0.25) is 0 Å². The lowest BCUT2D eigenvalue weighted by molar-refractivity contribution is 0.674. The summed E-state index contributed by atoms with van der Waals surface area (Å²) in [6, 6.07) is 14.5. The Bertz CT molecular complexity index is 548. The zero-order chi connectivity index (χ0) is 9.54. The monoisotopic (exact) mass is 182 g/mol. The largest absolute Gasteiger partial charge is 0.456 e. The molecule has 2 bridgehead atoms. The summed E-state index contributed by atoms with van der Waals surface area (Å²) in [6.07, 6.45) is 0. The standard InChI is InChI=1S/C13H10O/c1-9-7-13-11(8-12(9)14-13)10-5-3-2-4-6-10/h2-8H,1H3. The number of fused-ring (bicyclic) bond motifs is 2. The van der Waals surface area contributed by atoms with E-state index in [2.05, 4.69) is 31.2 Å². The Labute approximate surface area is 82.3 Å². The lowest BCUT2D eigenvalue weighted by atomic mass is 10.0. The molecule has 1 aromatic carbocycles. The molecule has 3 aromatic rings. The van der Waals surface area contributed by atoms with E-state index in [-0.39, 0.29) is 0 Å². The van der Waals surface area contributed by atoms with Crippen molar-refractivity contribution in [3.05, 3.63) is 48.0 Å². The lowest BCUT2D eigenvalue weighted by Crippen LogP contribution is -1.74. The van der Waals surface area contributed by atoms with Crippen molar-refractivity contribution < 1.29 is 4.42 Å². The van der Waals surface area contributed by atoms with E-state index in [4.69, 9.17) is 4.42 Å². The summed E-state index contributed by atoms with van der Waals surface area (Å²) in [4.78, 5) is 0. The molecule has 14 heavy (non-hydrogen) atoms. The van der Waals surface area contributed by atoms with E-state index in [0.29, 0.717) is 0 Å². The van der Waals surface area contributed by atoms with Crippen molar-refractivity contribution in [2.75, 3.05) is 0 Å². The molecule has 1 heteroatoms. The van der Waals surface area contributed by atoms with Crippen molar-refractivity contribution in [3.63, 3.8) is 0 Å². The van der Waals surface area contributed by atoms with Crippen molar-refractivity contribution in [2.45, 2.75) is 6.92 Å². The lowest BCUT2D eigenvalue weighted by Gasteiger charge is -1.96. The summed E-state index contributed by atoms with van der Waals surface area (Å²) in [7, 11) is 0. The van der Waals surface area contributed by atoms with Gasteiger partial charge in [0.1, 0.15) is 11.2 Å². The van der Waals surface area contributed by atoms with Gasteiger partial charge in [-0.15, -0.1) is 0 Å². The molecule has 0 atom stereocenters. The van der Waals surface area contributed by atoms with E-state index in [1.54, 1.807) is 0 Å². The van der Waals surface area contributed by atoms with Crippen LogP contribution in [-0.4, -0.2) is 0 Å². The highest BCUT2D eigenvalue weighted by atomic mass is 16.3. The Hall–Kier alpha value is -1.76.